The third-order valence-corrected chi connectivity index (χ3v) is 3.01. The van der Waals surface area contributed by atoms with Gasteiger partial charge in [0, 0.05) is 11.6 Å². The lowest BCUT2D eigenvalue weighted by Crippen LogP contribution is -2.24. The third-order valence-electron chi connectivity index (χ3n) is 2.77. The Morgan fingerprint density at radius 2 is 2.22 bits per heavy atom. The molecule has 1 unspecified atom stereocenters. The fourth-order valence-corrected chi connectivity index (χ4v) is 1.95. The van der Waals surface area contributed by atoms with Crippen LogP contribution in [0.15, 0.2) is 18.2 Å². The molecular weight excluding hydrogens is 258 g/mol. The van der Waals surface area contributed by atoms with Crippen LogP contribution in [0, 0.1) is 5.92 Å². The molecule has 1 aromatic rings. The highest BCUT2D eigenvalue weighted by Crippen LogP contribution is 2.22. The summed E-state index contributed by atoms with van der Waals surface area (Å²) in [6.45, 7) is 0.937. The van der Waals surface area contributed by atoms with E-state index in [2.05, 4.69) is 5.32 Å². The van der Waals surface area contributed by atoms with Crippen molar-refractivity contribution in [3.05, 3.63) is 28.8 Å². The smallest absolute Gasteiger partial charge is 0.337 e. The fraction of sp³-hybridized carbons (Fsp3) is 0.333. The molecule has 2 rings (SSSR count). The first kappa shape index (κ1) is 12.9. The summed E-state index contributed by atoms with van der Waals surface area (Å²) in [6.07, 6.45) is 0.655. The van der Waals surface area contributed by atoms with Gasteiger partial charge in [0.1, 0.15) is 0 Å². The van der Waals surface area contributed by atoms with E-state index in [0.29, 0.717) is 24.7 Å². The molecule has 0 radical (unpaired) electrons. The van der Waals surface area contributed by atoms with Crippen molar-refractivity contribution in [3.8, 4) is 0 Å². The van der Waals surface area contributed by atoms with Gasteiger partial charge in [0.2, 0.25) is 5.91 Å². The molecule has 1 atom stereocenters. The lowest BCUT2D eigenvalue weighted by molar-refractivity contribution is -0.119. The summed E-state index contributed by atoms with van der Waals surface area (Å²) in [5, 5.41) is 12.0. The van der Waals surface area contributed by atoms with Gasteiger partial charge >= 0.3 is 5.97 Å². The molecule has 1 aliphatic heterocycles. The number of carbonyl (C=O) groups excluding carboxylic acids is 1. The van der Waals surface area contributed by atoms with Crippen molar-refractivity contribution in [1.82, 2.24) is 0 Å². The van der Waals surface area contributed by atoms with Gasteiger partial charge in [0.05, 0.1) is 23.8 Å². The lowest BCUT2D eigenvalue weighted by Gasteiger charge is -2.11. The van der Waals surface area contributed by atoms with E-state index >= 15 is 0 Å². The van der Waals surface area contributed by atoms with Crippen molar-refractivity contribution in [2.24, 2.45) is 5.92 Å². The number of carboxylic acid groups (broad SMARTS) is 1. The van der Waals surface area contributed by atoms with Crippen LogP contribution in [0.5, 0.6) is 0 Å². The zero-order chi connectivity index (χ0) is 13.1. The number of rotatable bonds is 3. The molecule has 1 aliphatic rings. The van der Waals surface area contributed by atoms with Crippen LogP contribution in [0.1, 0.15) is 16.8 Å². The minimum atomic E-state index is -1.13. The Kier molecular flexibility index (Phi) is 3.84. The Hall–Kier alpha value is -1.59. The van der Waals surface area contributed by atoms with Crippen LogP contribution in [-0.4, -0.2) is 30.2 Å². The molecular formula is C12H12ClNO4. The second-order valence-corrected chi connectivity index (χ2v) is 4.48. The van der Waals surface area contributed by atoms with E-state index in [9.17, 15) is 9.59 Å². The van der Waals surface area contributed by atoms with Crippen molar-refractivity contribution in [3.63, 3.8) is 0 Å². The second kappa shape index (κ2) is 5.37. The van der Waals surface area contributed by atoms with E-state index in [1.54, 1.807) is 0 Å². The number of carbonyl (C=O) groups is 2. The monoisotopic (exact) mass is 269 g/mol. The summed E-state index contributed by atoms with van der Waals surface area (Å²) in [5.41, 5.74) is 0.235. The standard InChI is InChI=1S/C12H12ClNO4/c13-8-1-2-10(9(5-8)12(16)17)14-11(15)7-3-4-18-6-7/h1-2,5,7H,3-4,6H2,(H,14,15)(H,16,17). The first-order chi connectivity index (χ1) is 8.58. The Bertz CT molecular complexity index is 483. The first-order valence-corrected chi connectivity index (χ1v) is 5.87. The third kappa shape index (κ3) is 2.80. The van der Waals surface area contributed by atoms with Crippen LogP contribution in [0.25, 0.3) is 0 Å². The van der Waals surface area contributed by atoms with Gasteiger partial charge < -0.3 is 15.2 Å². The van der Waals surface area contributed by atoms with Crippen molar-refractivity contribution >= 4 is 29.2 Å². The predicted octanol–water partition coefficient (Wildman–Crippen LogP) is 2.01. The van der Waals surface area contributed by atoms with Gasteiger partial charge in [0.15, 0.2) is 0 Å². The van der Waals surface area contributed by atoms with Crippen molar-refractivity contribution < 1.29 is 19.4 Å². The molecule has 96 valence electrons. The number of amides is 1. The quantitative estimate of drug-likeness (QED) is 0.880. The Morgan fingerprint density at radius 1 is 1.44 bits per heavy atom. The molecule has 18 heavy (non-hydrogen) atoms. The summed E-state index contributed by atoms with van der Waals surface area (Å²) in [7, 11) is 0. The zero-order valence-electron chi connectivity index (χ0n) is 9.48. The summed E-state index contributed by atoms with van der Waals surface area (Å²) < 4.78 is 5.11. The molecule has 6 heteroatoms. The molecule has 0 aliphatic carbocycles. The Labute approximate surface area is 109 Å². The number of halogens is 1. The molecule has 5 nitrogen and oxygen atoms in total. The zero-order valence-corrected chi connectivity index (χ0v) is 10.2. The maximum Gasteiger partial charge on any atom is 0.337 e. The van der Waals surface area contributed by atoms with Gasteiger partial charge in [-0.2, -0.15) is 0 Å². The number of carboxylic acids is 1. The number of nitrogens with one attached hydrogen (secondary N) is 1. The largest absolute Gasteiger partial charge is 0.478 e. The maximum atomic E-state index is 11.9. The average Bonchev–Trinajstić information content (AvgIpc) is 2.84. The molecule has 0 aromatic heterocycles. The number of ether oxygens (including phenoxy) is 1. The van der Waals surface area contributed by atoms with Crippen LogP contribution in [-0.2, 0) is 9.53 Å². The molecule has 1 heterocycles. The minimum Gasteiger partial charge on any atom is -0.478 e. The molecule has 0 bridgehead atoms. The van der Waals surface area contributed by atoms with E-state index in [4.69, 9.17) is 21.4 Å². The summed E-state index contributed by atoms with van der Waals surface area (Å²) in [5.74, 6) is -1.57. The minimum absolute atomic E-state index is 0.0187. The number of anilines is 1. The first-order valence-electron chi connectivity index (χ1n) is 5.49. The fourth-order valence-electron chi connectivity index (χ4n) is 1.78. The van der Waals surface area contributed by atoms with Gasteiger partial charge in [-0.1, -0.05) is 11.6 Å². The molecule has 2 N–H and O–H groups in total. The van der Waals surface area contributed by atoms with Gasteiger partial charge in [-0.3, -0.25) is 4.79 Å². The molecule has 0 saturated carbocycles. The molecule has 1 fully saturated rings. The average molecular weight is 270 g/mol. The van der Waals surface area contributed by atoms with Crippen LogP contribution in [0.3, 0.4) is 0 Å². The van der Waals surface area contributed by atoms with Crippen molar-refractivity contribution in [2.45, 2.75) is 6.42 Å². The van der Waals surface area contributed by atoms with E-state index in [0.717, 1.165) is 0 Å². The van der Waals surface area contributed by atoms with Gasteiger partial charge in [-0.25, -0.2) is 4.79 Å². The van der Waals surface area contributed by atoms with Crippen molar-refractivity contribution in [1.29, 1.82) is 0 Å². The highest BCUT2D eigenvalue weighted by atomic mass is 35.5. The second-order valence-electron chi connectivity index (χ2n) is 4.04. The Balaban J connectivity index is 2.17. The van der Waals surface area contributed by atoms with Gasteiger partial charge in [-0.15, -0.1) is 0 Å². The van der Waals surface area contributed by atoms with E-state index in [1.807, 2.05) is 0 Å². The molecule has 1 saturated heterocycles. The Morgan fingerprint density at radius 3 is 2.83 bits per heavy atom. The summed E-state index contributed by atoms with van der Waals surface area (Å²) >= 11 is 5.73. The van der Waals surface area contributed by atoms with E-state index in [1.165, 1.54) is 18.2 Å². The summed E-state index contributed by atoms with van der Waals surface area (Å²) in [6, 6.07) is 4.33. The van der Waals surface area contributed by atoms with E-state index in [-0.39, 0.29) is 23.1 Å². The van der Waals surface area contributed by atoms with Crippen LogP contribution >= 0.6 is 11.6 Å². The molecule has 1 aromatic carbocycles. The summed E-state index contributed by atoms with van der Waals surface area (Å²) in [4.78, 5) is 22.9. The molecule has 1 amide bonds. The molecule has 0 spiro atoms. The predicted molar refractivity (Wildman–Crippen MR) is 66.0 cm³/mol. The van der Waals surface area contributed by atoms with Gasteiger partial charge in [-0.05, 0) is 24.6 Å². The number of hydrogen-bond acceptors (Lipinski definition) is 3. The van der Waals surface area contributed by atoms with Crippen LogP contribution in [0.4, 0.5) is 5.69 Å². The highest BCUT2D eigenvalue weighted by molar-refractivity contribution is 6.31. The van der Waals surface area contributed by atoms with E-state index < -0.39 is 5.97 Å². The number of benzene rings is 1. The highest BCUT2D eigenvalue weighted by Gasteiger charge is 2.24. The topological polar surface area (TPSA) is 75.6 Å². The number of hydrogen-bond donors (Lipinski definition) is 2. The maximum absolute atomic E-state index is 11.9. The number of aromatic carboxylic acids is 1. The van der Waals surface area contributed by atoms with Gasteiger partial charge in [0.25, 0.3) is 0 Å². The van der Waals surface area contributed by atoms with Crippen LogP contribution in [0.2, 0.25) is 5.02 Å². The van der Waals surface area contributed by atoms with Crippen LogP contribution < -0.4 is 5.32 Å². The normalized spacial score (nSPS) is 18.6. The lowest BCUT2D eigenvalue weighted by atomic mass is 10.1. The SMILES string of the molecule is O=C(O)c1cc(Cl)ccc1NC(=O)C1CCOC1. The van der Waals surface area contributed by atoms with Crippen molar-refractivity contribution in [2.75, 3.05) is 18.5 Å².